The topological polar surface area (TPSA) is 222 Å². The molecule has 5 rings (SSSR count). The lowest BCUT2D eigenvalue weighted by atomic mass is 9.99. The summed E-state index contributed by atoms with van der Waals surface area (Å²) in [6.07, 6.45) is -9.43. The van der Waals surface area contributed by atoms with Gasteiger partial charge in [0.05, 0.1) is 35.9 Å². The van der Waals surface area contributed by atoms with Crippen molar-refractivity contribution in [2.45, 2.75) is 62.4 Å². The van der Waals surface area contributed by atoms with Crippen LogP contribution < -0.4 is 14.4 Å². The van der Waals surface area contributed by atoms with Crippen molar-refractivity contribution in [3.8, 4) is 11.5 Å². The number of anilines is 1. The number of nitro groups is 1. The molecular formula is C27H31N3O13. The number of aliphatic hydroxyl groups is 5. The van der Waals surface area contributed by atoms with Crippen LogP contribution in [0.3, 0.4) is 0 Å². The van der Waals surface area contributed by atoms with Gasteiger partial charge in [-0.15, -0.1) is 0 Å². The maximum atomic E-state index is 13.4. The Morgan fingerprint density at radius 2 is 1.88 bits per heavy atom. The highest BCUT2D eigenvalue weighted by Crippen LogP contribution is 2.37. The van der Waals surface area contributed by atoms with Crippen molar-refractivity contribution in [2.75, 3.05) is 25.2 Å². The molecule has 0 spiro atoms. The number of amides is 2. The van der Waals surface area contributed by atoms with Crippen LogP contribution in [0, 0.1) is 10.1 Å². The van der Waals surface area contributed by atoms with Gasteiger partial charge < -0.3 is 49.4 Å². The van der Waals surface area contributed by atoms with Crippen LogP contribution in [0.4, 0.5) is 16.2 Å². The summed E-state index contributed by atoms with van der Waals surface area (Å²) < 4.78 is 21.4. The number of hydrogen-bond donors (Lipinski definition) is 5. The number of fused-ring (bicyclic) bond motifs is 2. The van der Waals surface area contributed by atoms with Crippen LogP contribution >= 0.6 is 0 Å². The van der Waals surface area contributed by atoms with Crippen molar-refractivity contribution in [1.82, 2.24) is 4.90 Å². The van der Waals surface area contributed by atoms with Crippen LogP contribution in [0.5, 0.6) is 11.5 Å². The molecule has 2 fully saturated rings. The van der Waals surface area contributed by atoms with Gasteiger partial charge >= 0.3 is 11.8 Å². The molecule has 0 aliphatic carbocycles. The molecule has 2 aromatic carbocycles. The number of benzene rings is 2. The van der Waals surface area contributed by atoms with E-state index in [1.165, 1.54) is 42.3 Å². The van der Waals surface area contributed by atoms with E-state index in [1.807, 2.05) is 0 Å². The zero-order valence-electron chi connectivity index (χ0n) is 22.9. The van der Waals surface area contributed by atoms with Gasteiger partial charge in [0.2, 0.25) is 6.29 Å². The van der Waals surface area contributed by atoms with Crippen molar-refractivity contribution in [3.05, 3.63) is 57.6 Å². The smallest absolute Gasteiger partial charge is 0.416 e. The molecule has 0 bridgehead atoms. The fourth-order valence-corrected chi connectivity index (χ4v) is 5.45. The molecule has 16 heteroatoms. The number of aliphatic hydroxyl groups excluding tert-OH is 5. The van der Waals surface area contributed by atoms with Gasteiger partial charge in [-0.3, -0.25) is 14.9 Å². The van der Waals surface area contributed by atoms with Crippen molar-refractivity contribution in [2.24, 2.45) is 0 Å². The molecule has 3 heterocycles. The Morgan fingerprint density at radius 1 is 1.12 bits per heavy atom. The molecule has 2 aromatic rings. The molecule has 2 unspecified atom stereocenters. The van der Waals surface area contributed by atoms with E-state index in [9.17, 15) is 45.2 Å². The van der Waals surface area contributed by atoms with Gasteiger partial charge in [0.1, 0.15) is 36.8 Å². The van der Waals surface area contributed by atoms with E-state index >= 15 is 0 Å². The fraction of sp³-hybridized carbons (Fsp3) is 0.481. The van der Waals surface area contributed by atoms with Crippen molar-refractivity contribution in [1.29, 1.82) is 0 Å². The Bertz CT molecular complexity index is 1390. The lowest BCUT2D eigenvalue weighted by Crippen LogP contribution is -2.60. The predicted molar refractivity (Wildman–Crippen MR) is 143 cm³/mol. The first-order valence-electron chi connectivity index (χ1n) is 13.4. The Balaban J connectivity index is 1.35. The van der Waals surface area contributed by atoms with Crippen LogP contribution in [0.2, 0.25) is 0 Å². The zero-order valence-corrected chi connectivity index (χ0v) is 22.9. The quantitative estimate of drug-likeness (QED) is 0.205. The SMILES string of the molecule is COc1ccc2c(c1)C(=O)N1CCCC1[C@H](O)N2C(=O)OCc1ccc(OC2O[C@H](CO)[C@H](O)[C@H](O)[C@H]2O)c([N+](=O)[O-])c1. The zero-order chi connectivity index (χ0) is 31.0. The molecule has 2 amide bonds. The lowest BCUT2D eigenvalue weighted by molar-refractivity contribution is -0.387. The number of carbonyl (C=O) groups excluding carboxylic acids is 2. The number of rotatable bonds is 7. The van der Waals surface area contributed by atoms with E-state index in [-0.39, 0.29) is 28.5 Å². The minimum atomic E-state index is -1.79. The third-order valence-electron chi connectivity index (χ3n) is 7.73. The number of ether oxygens (including phenoxy) is 4. The molecule has 43 heavy (non-hydrogen) atoms. The third kappa shape index (κ3) is 5.67. The summed E-state index contributed by atoms with van der Waals surface area (Å²) in [7, 11) is 1.43. The summed E-state index contributed by atoms with van der Waals surface area (Å²) in [4.78, 5) is 40.2. The molecular weight excluding hydrogens is 574 g/mol. The summed E-state index contributed by atoms with van der Waals surface area (Å²) in [6.45, 7) is -0.772. The number of carbonyl (C=O) groups is 2. The molecule has 0 radical (unpaired) electrons. The third-order valence-corrected chi connectivity index (χ3v) is 7.73. The van der Waals surface area contributed by atoms with Crippen molar-refractivity contribution >= 4 is 23.4 Å². The minimum Gasteiger partial charge on any atom is -0.497 e. The fourth-order valence-electron chi connectivity index (χ4n) is 5.45. The Morgan fingerprint density at radius 3 is 2.58 bits per heavy atom. The first-order valence-corrected chi connectivity index (χ1v) is 13.4. The molecule has 3 aliphatic rings. The highest BCUT2D eigenvalue weighted by atomic mass is 16.7. The highest BCUT2D eigenvalue weighted by Gasteiger charge is 2.46. The number of hydrogen-bond acceptors (Lipinski definition) is 13. The standard InChI is InChI=1S/C27H31N3O13/c1-40-14-5-6-16-15(10-14)24(35)28-8-2-3-17(28)25(36)29(16)27(37)41-12-13-4-7-19(18(9-13)30(38)39)42-26-23(34)22(33)21(32)20(11-31)43-26/h4-7,9-10,17,20-23,25-26,31-34,36H,2-3,8,11-12H2,1H3/t17?,20-,21+,22+,23-,25+,26?/m1/s1. The maximum absolute atomic E-state index is 13.4. The molecule has 7 atom stereocenters. The maximum Gasteiger partial charge on any atom is 0.416 e. The Kier molecular flexibility index (Phi) is 8.68. The second kappa shape index (κ2) is 12.3. The summed E-state index contributed by atoms with van der Waals surface area (Å²) in [5, 5.41) is 62.5. The van der Waals surface area contributed by atoms with Crippen LogP contribution in [0.25, 0.3) is 0 Å². The van der Waals surface area contributed by atoms with Crippen LogP contribution in [-0.2, 0) is 16.1 Å². The van der Waals surface area contributed by atoms with E-state index < -0.39 is 72.9 Å². The molecule has 0 aromatic heterocycles. The van der Waals surface area contributed by atoms with Gasteiger partial charge in [-0.2, -0.15) is 0 Å². The average molecular weight is 606 g/mol. The second-order valence-corrected chi connectivity index (χ2v) is 10.3. The first kappa shape index (κ1) is 30.4. The normalized spacial score (nSPS) is 28.5. The van der Waals surface area contributed by atoms with Gasteiger partial charge in [-0.25, -0.2) is 9.69 Å². The Hall–Kier alpha value is -4.06. The predicted octanol–water partition coefficient (Wildman–Crippen LogP) is -0.138. The molecule has 16 nitrogen and oxygen atoms in total. The summed E-state index contributed by atoms with van der Waals surface area (Å²) in [5.41, 5.74) is -0.166. The molecule has 232 valence electrons. The number of methoxy groups -OCH3 is 1. The highest BCUT2D eigenvalue weighted by molar-refractivity contribution is 6.05. The molecule has 2 saturated heterocycles. The molecule has 3 aliphatic heterocycles. The van der Waals surface area contributed by atoms with Gasteiger partial charge in [0.25, 0.3) is 5.91 Å². The Labute approximate surface area is 244 Å². The van der Waals surface area contributed by atoms with Crippen LogP contribution in [-0.4, -0.2) is 111 Å². The van der Waals surface area contributed by atoms with E-state index in [0.717, 1.165) is 11.0 Å². The molecule has 0 saturated carbocycles. The van der Waals surface area contributed by atoms with E-state index in [2.05, 4.69) is 0 Å². The van der Waals surface area contributed by atoms with E-state index in [1.54, 1.807) is 0 Å². The minimum absolute atomic E-state index is 0.118. The van der Waals surface area contributed by atoms with Gasteiger partial charge in [0, 0.05) is 12.6 Å². The van der Waals surface area contributed by atoms with Crippen molar-refractivity contribution in [3.63, 3.8) is 0 Å². The van der Waals surface area contributed by atoms with Gasteiger partial charge in [-0.05, 0) is 42.7 Å². The summed E-state index contributed by atoms with van der Waals surface area (Å²) in [6, 6.07) is 7.38. The second-order valence-electron chi connectivity index (χ2n) is 10.3. The van der Waals surface area contributed by atoms with Crippen LogP contribution in [0.15, 0.2) is 36.4 Å². The van der Waals surface area contributed by atoms with Crippen molar-refractivity contribution < 1.29 is 59.0 Å². The number of nitro benzene ring substituents is 1. The van der Waals surface area contributed by atoms with Gasteiger partial charge in [-0.1, -0.05) is 6.07 Å². The first-order chi connectivity index (χ1) is 20.5. The van der Waals surface area contributed by atoms with E-state index in [0.29, 0.717) is 25.1 Å². The summed E-state index contributed by atoms with van der Waals surface area (Å²) in [5.74, 6) is -0.350. The lowest BCUT2D eigenvalue weighted by Gasteiger charge is -2.39. The number of nitrogens with zero attached hydrogens (tertiary/aromatic N) is 3. The molecule has 5 N–H and O–H groups in total. The van der Waals surface area contributed by atoms with Gasteiger partial charge in [0.15, 0.2) is 12.0 Å². The summed E-state index contributed by atoms with van der Waals surface area (Å²) >= 11 is 0. The average Bonchev–Trinajstić information content (AvgIpc) is 3.48. The monoisotopic (exact) mass is 605 g/mol. The largest absolute Gasteiger partial charge is 0.497 e. The van der Waals surface area contributed by atoms with E-state index in [4.69, 9.17) is 18.9 Å². The van der Waals surface area contributed by atoms with Crippen LogP contribution in [0.1, 0.15) is 28.8 Å².